The first-order valence-corrected chi connectivity index (χ1v) is 7.22. The Morgan fingerprint density at radius 3 is 2.89 bits per heavy atom. The molecule has 0 amide bonds. The first-order chi connectivity index (χ1) is 9.06. The monoisotopic (exact) mass is 343 g/mol. The van der Waals surface area contributed by atoms with Crippen molar-refractivity contribution < 1.29 is 4.52 Å². The molecule has 4 nitrogen and oxygen atoms in total. The molecule has 0 aliphatic rings. The quantitative estimate of drug-likeness (QED) is 0.894. The molecule has 102 valence electrons. The van der Waals surface area contributed by atoms with Gasteiger partial charge in [0.1, 0.15) is 0 Å². The van der Waals surface area contributed by atoms with Gasteiger partial charge < -0.3 is 9.84 Å². The maximum Gasteiger partial charge on any atom is 0.240 e. The lowest BCUT2D eigenvalue weighted by Gasteiger charge is -2.03. The van der Waals surface area contributed by atoms with Gasteiger partial charge >= 0.3 is 0 Å². The van der Waals surface area contributed by atoms with Gasteiger partial charge in [-0.25, -0.2) is 0 Å². The second-order valence-corrected chi connectivity index (χ2v) is 5.93. The van der Waals surface area contributed by atoms with E-state index in [9.17, 15) is 0 Å². The maximum atomic E-state index is 5.95. The van der Waals surface area contributed by atoms with Crippen LogP contribution >= 0.6 is 27.5 Å². The highest BCUT2D eigenvalue weighted by molar-refractivity contribution is 9.10. The van der Waals surface area contributed by atoms with Crippen LogP contribution in [0.1, 0.15) is 19.7 Å². The van der Waals surface area contributed by atoms with E-state index in [2.05, 4.69) is 45.2 Å². The molecule has 2 aromatic rings. The standard InChI is InChI=1S/C13H15BrClN3O/c1-8(2)6-16-7-12-17-13(18-19-12)9-3-4-11(15)10(14)5-9/h3-5,8,16H,6-7H2,1-2H3. The highest BCUT2D eigenvalue weighted by atomic mass is 79.9. The summed E-state index contributed by atoms with van der Waals surface area (Å²) in [5.74, 6) is 1.75. The van der Waals surface area contributed by atoms with E-state index in [1.54, 1.807) is 6.07 Å². The SMILES string of the molecule is CC(C)CNCc1nc(-c2ccc(Cl)c(Br)c2)no1. The van der Waals surface area contributed by atoms with Crippen LogP contribution < -0.4 is 5.32 Å². The van der Waals surface area contributed by atoms with E-state index >= 15 is 0 Å². The van der Waals surface area contributed by atoms with Gasteiger partial charge in [-0.3, -0.25) is 0 Å². The minimum absolute atomic E-state index is 0.568. The molecule has 0 unspecified atom stereocenters. The number of benzene rings is 1. The Morgan fingerprint density at radius 1 is 1.42 bits per heavy atom. The molecule has 6 heteroatoms. The molecular weight excluding hydrogens is 330 g/mol. The van der Waals surface area contributed by atoms with Crippen LogP contribution in [0.25, 0.3) is 11.4 Å². The second kappa shape index (κ2) is 6.50. The zero-order valence-electron chi connectivity index (χ0n) is 10.8. The first kappa shape index (κ1) is 14.5. The van der Waals surface area contributed by atoms with Crippen molar-refractivity contribution in [3.8, 4) is 11.4 Å². The molecule has 2 rings (SSSR count). The van der Waals surface area contributed by atoms with E-state index in [1.807, 2.05) is 12.1 Å². The van der Waals surface area contributed by atoms with Crippen LogP contribution in [0.3, 0.4) is 0 Å². The molecule has 0 aliphatic carbocycles. The molecule has 0 aliphatic heterocycles. The lowest BCUT2D eigenvalue weighted by atomic mass is 10.2. The van der Waals surface area contributed by atoms with Crippen molar-refractivity contribution in [3.63, 3.8) is 0 Å². The Kier molecular flexibility index (Phi) is 4.96. The Bertz CT molecular complexity index is 557. The van der Waals surface area contributed by atoms with Crippen molar-refractivity contribution in [3.05, 3.63) is 33.6 Å². The molecule has 0 atom stereocenters. The van der Waals surface area contributed by atoms with Crippen LogP contribution in [0.5, 0.6) is 0 Å². The van der Waals surface area contributed by atoms with Crippen LogP contribution in [-0.4, -0.2) is 16.7 Å². The molecule has 0 bridgehead atoms. The Hall–Kier alpha value is -0.910. The highest BCUT2D eigenvalue weighted by Crippen LogP contribution is 2.27. The van der Waals surface area contributed by atoms with Gasteiger partial charge in [0.25, 0.3) is 0 Å². The van der Waals surface area contributed by atoms with E-state index in [4.69, 9.17) is 16.1 Å². The van der Waals surface area contributed by atoms with Gasteiger partial charge in [0, 0.05) is 10.0 Å². The van der Waals surface area contributed by atoms with Crippen LogP contribution in [-0.2, 0) is 6.54 Å². The van der Waals surface area contributed by atoms with E-state index in [1.165, 1.54) is 0 Å². The minimum atomic E-state index is 0.568. The van der Waals surface area contributed by atoms with Crippen molar-refractivity contribution in [1.29, 1.82) is 0 Å². The molecule has 19 heavy (non-hydrogen) atoms. The second-order valence-electron chi connectivity index (χ2n) is 4.67. The van der Waals surface area contributed by atoms with Crippen LogP contribution in [0.2, 0.25) is 5.02 Å². The number of aromatic nitrogens is 2. The summed E-state index contributed by atoms with van der Waals surface area (Å²) in [5, 5.41) is 7.88. The van der Waals surface area contributed by atoms with Gasteiger partial charge in [-0.1, -0.05) is 30.6 Å². The number of halogens is 2. The molecule has 1 aromatic carbocycles. The summed E-state index contributed by atoms with van der Waals surface area (Å²) < 4.78 is 6.01. The molecule has 1 aromatic heterocycles. The molecule has 0 radical (unpaired) electrons. The van der Waals surface area contributed by atoms with Gasteiger partial charge in [-0.05, 0) is 46.6 Å². The van der Waals surface area contributed by atoms with Crippen molar-refractivity contribution in [2.75, 3.05) is 6.54 Å². The predicted octanol–water partition coefficient (Wildman–Crippen LogP) is 3.90. The number of nitrogens with one attached hydrogen (secondary N) is 1. The molecule has 1 N–H and O–H groups in total. The number of rotatable bonds is 5. The van der Waals surface area contributed by atoms with Gasteiger partial charge in [0.05, 0.1) is 11.6 Å². The molecule has 1 heterocycles. The van der Waals surface area contributed by atoms with Gasteiger partial charge in [0.15, 0.2) is 0 Å². The van der Waals surface area contributed by atoms with Crippen molar-refractivity contribution >= 4 is 27.5 Å². The Morgan fingerprint density at radius 2 is 2.21 bits per heavy atom. The Labute approximate surface area is 125 Å². The third-order valence-corrected chi connectivity index (χ3v) is 3.69. The van der Waals surface area contributed by atoms with E-state index in [0.717, 1.165) is 16.6 Å². The van der Waals surface area contributed by atoms with Gasteiger partial charge in [-0.15, -0.1) is 0 Å². The molecule has 0 spiro atoms. The largest absolute Gasteiger partial charge is 0.338 e. The van der Waals surface area contributed by atoms with E-state index in [-0.39, 0.29) is 0 Å². The fourth-order valence-corrected chi connectivity index (χ4v) is 2.04. The lowest BCUT2D eigenvalue weighted by Crippen LogP contribution is -2.19. The topological polar surface area (TPSA) is 51.0 Å². The summed E-state index contributed by atoms with van der Waals surface area (Å²) in [4.78, 5) is 4.34. The van der Waals surface area contributed by atoms with E-state index < -0.39 is 0 Å². The third-order valence-electron chi connectivity index (χ3n) is 2.47. The summed E-state index contributed by atoms with van der Waals surface area (Å²) in [6, 6.07) is 5.54. The zero-order chi connectivity index (χ0) is 13.8. The zero-order valence-corrected chi connectivity index (χ0v) is 13.1. The average molecular weight is 345 g/mol. The fourth-order valence-electron chi connectivity index (χ4n) is 1.55. The molecule has 0 saturated heterocycles. The lowest BCUT2D eigenvalue weighted by molar-refractivity contribution is 0.364. The third kappa shape index (κ3) is 4.03. The number of nitrogens with zero attached hydrogens (tertiary/aromatic N) is 2. The normalized spacial score (nSPS) is 11.2. The fraction of sp³-hybridized carbons (Fsp3) is 0.385. The van der Waals surface area contributed by atoms with Crippen molar-refractivity contribution in [2.45, 2.75) is 20.4 Å². The number of hydrogen-bond donors (Lipinski definition) is 1. The summed E-state index contributed by atoms with van der Waals surface area (Å²) in [5.41, 5.74) is 0.870. The van der Waals surface area contributed by atoms with Crippen LogP contribution in [0.4, 0.5) is 0 Å². The smallest absolute Gasteiger partial charge is 0.240 e. The predicted molar refractivity (Wildman–Crippen MR) is 79.0 cm³/mol. The summed E-state index contributed by atoms with van der Waals surface area (Å²) in [6.07, 6.45) is 0. The maximum absolute atomic E-state index is 5.95. The Balaban J connectivity index is 2.05. The van der Waals surface area contributed by atoms with Crippen molar-refractivity contribution in [2.24, 2.45) is 5.92 Å². The van der Waals surface area contributed by atoms with Gasteiger partial charge in [-0.2, -0.15) is 4.98 Å². The molecule has 0 fully saturated rings. The molecule has 0 saturated carbocycles. The number of hydrogen-bond acceptors (Lipinski definition) is 4. The minimum Gasteiger partial charge on any atom is -0.338 e. The van der Waals surface area contributed by atoms with Crippen molar-refractivity contribution in [1.82, 2.24) is 15.5 Å². The van der Waals surface area contributed by atoms with Crippen LogP contribution in [0.15, 0.2) is 27.2 Å². The average Bonchev–Trinajstić information content (AvgIpc) is 2.81. The molecular formula is C13H15BrClN3O. The summed E-state index contributed by atoms with van der Waals surface area (Å²) >= 11 is 9.33. The van der Waals surface area contributed by atoms with Gasteiger partial charge in [0.2, 0.25) is 11.7 Å². The summed E-state index contributed by atoms with van der Waals surface area (Å²) in [6.45, 7) is 5.80. The summed E-state index contributed by atoms with van der Waals surface area (Å²) in [7, 11) is 0. The highest BCUT2D eigenvalue weighted by Gasteiger charge is 2.09. The first-order valence-electron chi connectivity index (χ1n) is 6.05. The van der Waals surface area contributed by atoms with E-state index in [0.29, 0.717) is 29.2 Å². The van der Waals surface area contributed by atoms with Crippen LogP contribution in [0, 0.1) is 5.92 Å².